The summed E-state index contributed by atoms with van der Waals surface area (Å²) in [5.74, 6) is 1.20. The third-order valence-electron chi connectivity index (χ3n) is 3.83. The number of ether oxygens (including phenoxy) is 1. The summed E-state index contributed by atoms with van der Waals surface area (Å²) in [4.78, 5) is 4.40. The number of pyridine rings is 1. The molecule has 0 spiro atoms. The van der Waals surface area contributed by atoms with Crippen molar-refractivity contribution in [1.82, 2.24) is 9.38 Å². The summed E-state index contributed by atoms with van der Waals surface area (Å²) in [6.07, 6.45) is 1.93. The Kier molecular flexibility index (Phi) is 4.64. The normalized spacial score (nSPS) is 14.5. The second-order valence-corrected chi connectivity index (χ2v) is 9.47. The molecule has 0 aliphatic heterocycles. The second kappa shape index (κ2) is 6.34. The van der Waals surface area contributed by atoms with E-state index in [1.807, 2.05) is 67.8 Å². The Hall–Kier alpha value is -1.50. The van der Waals surface area contributed by atoms with Crippen LogP contribution in [0.25, 0.3) is 16.6 Å². The van der Waals surface area contributed by atoms with Gasteiger partial charge in [-0.25, -0.2) is 9.37 Å². The zero-order valence-electron chi connectivity index (χ0n) is 14.9. The maximum atomic E-state index is 14.5. The van der Waals surface area contributed by atoms with Crippen LogP contribution in [-0.4, -0.2) is 14.7 Å². The van der Waals surface area contributed by atoms with Crippen LogP contribution in [0.4, 0.5) is 4.39 Å². The number of hydrogen-bond acceptors (Lipinski definition) is 2. The van der Waals surface area contributed by atoms with E-state index >= 15 is 0 Å². The van der Waals surface area contributed by atoms with Crippen LogP contribution in [0, 0.1) is 6.92 Å². The van der Waals surface area contributed by atoms with Crippen LogP contribution >= 0.6 is 18.5 Å². The molecule has 6 heteroatoms. The summed E-state index contributed by atoms with van der Waals surface area (Å²) < 4.78 is 22.1. The molecule has 0 bridgehead atoms. The van der Waals surface area contributed by atoms with Crippen molar-refractivity contribution in [3.05, 3.63) is 54.1 Å². The standard InChI is InChI=1S/C19H23FN2OP2/c1-12-16-10-7-14(11-22(16)17(21-12)19(4,20)25)13-5-8-15(9-6-13)23-18(2,3)24/h5-11H,24-25H2,1-4H3. The fraction of sp³-hybridized carbons (Fsp3) is 0.316. The molecular weight excluding hydrogens is 353 g/mol. The van der Waals surface area contributed by atoms with E-state index in [9.17, 15) is 4.39 Å². The Morgan fingerprint density at radius 3 is 2.16 bits per heavy atom. The van der Waals surface area contributed by atoms with Gasteiger partial charge >= 0.3 is 0 Å². The van der Waals surface area contributed by atoms with E-state index in [-0.39, 0.29) is 5.34 Å². The summed E-state index contributed by atoms with van der Waals surface area (Å²) in [6, 6.07) is 11.9. The van der Waals surface area contributed by atoms with Crippen molar-refractivity contribution in [1.29, 1.82) is 0 Å². The molecule has 0 fully saturated rings. The van der Waals surface area contributed by atoms with E-state index in [4.69, 9.17) is 4.74 Å². The molecule has 2 heterocycles. The van der Waals surface area contributed by atoms with Crippen LogP contribution < -0.4 is 4.74 Å². The zero-order chi connectivity index (χ0) is 18.4. The van der Waals surface area contributed by atoms with Gasteiger partial charge in [-0.05, 0) is 57.0 Å². The molecule has 3 rings (SSSR count). The van der Waals surface area contributed by atoms with Crippen LogP contribution in [0.5, 0.6) is 5.75 Å². The van der Waals surface area contributed by atoms with Gasteiger partial charge < -0.3 is 4.74 Å². The Labute approximate surface area is 152 Å². The first-order valence-electron chi connectivity index (χ1n) is 8.10. The van der Waals surface area contributed by atoms with E-state index in [2.05, 4.69) is 23.5 Å². The van der Waals surface area contributed by atoms with Crippen LogP contribution in [0.3, 0.4) is 0 Å². The number of aryl methyl sites for hydroxylation is 1. The largest absolute Gasteiger partial charge is 0.484 e. The predicted molar refractivity (Wildman–Crippen MR) is 108 cm³/mol. The van der Waals surface area contributed by atoms with Crippen molar-refractivity contribution < 1.29 is 9.13 Å². The number of fused-ring (bicyclic) bond motifs is 1. The number of nitrogens with zero attached hydrogens (tertiary/aromatic N) is 2. The highest BCUT2D eigenvalue weighted by Gasteiger charge is 2.26. The third kappa shape index (κ3) is 4.02. The van der Waals surface area contributed by atoms with E-state index in [0.29, 0.717) is 5.82 Å². The van der Waals surface area contributed by atoms with Gasteiger partial charge in [-0.3, -0.25) is 4.40 Å². The minimum Gasteiger partial charge on any atom is -0.484 e. The molecule has 3 aromatic rings. The molecule has 0 saturated heterocycles. The summed E-state index contributed by atoms with van der Waals surface area (Å²) in [7, 11) is 4.88. The molecule has 0 aliphatic carbocycles. The number of rotatable bonds is 4. The summed E-state index contributed by atoms with van der Waals surface area (Å²) >= 11 is 0. The van der Waals surface area contributed by atoms with Crippen LogP contribution in [0.1, 0.15) is 32.3 Å². The molecule has 0 saturated carbocycles. The zero-order valence-corrected chi connectivity index (χ0v) is 17.2. The monoisotopic (exact) mass is 376 g/mol. The number of imidazole rings is 1. The van der Waals surface area contributed by atoms with Crippen LogP contribution in [0.15, 0.2) is 42.6 Å². The minimum atomic E-state index is -1.59. The first-order valence-corrected chi connectivity index (χ1v) is 9.25. The molecule has 0 N–H and O–H groups in total. The maximum absolute atomic E-state index is 14.5. The van der Waals surface area contributed by atoms with Gasteiger partial charge in [0, 0.05) is 6.20 Å². The van der Waals surface area contributed by atoms with Gasteiger partial charge in [0.05, 0.1) is 11.2 Å². The number of alkyl halides is 1. The predicted octanol–water partition coefficient (Wildman–Crippen LogP) is 5.32. The van der Waals surface area contributed by atoms with Crippen molar-refractivity contribution in [2.45, 2.75) is 38.4 Å². The number of aromatic nitrogens is 2. The lowest BCUT2D eigenvalue weighted by atomic mass is 10.1. The second-order valence-electron chi connectivity index (χ2n) is 7.00. The Balaban J connectivity index is 2.02. The third-order valence-corrected chi connectivity index (χ3v) is 4.20. The lowest BCUT2D eigenvalue weighted by Crippen LogP contribution is -2.18. The molecule has 3 atom stereocenters. The average molecular weight is 376 g/mol. The van der Waals surface area contributed by atoms with E-state index < -0.39 is 5.41 Å². The Morgan fingerprint density at radius 1 is 1.00 bits per heavy atom. The highest BCUT2D eigenvalue weighted by Crippen LogP contribution is 2.34. The van der Waals surface area contributed by atoms with E-state index in [1.54, 1.807) is 0 Å². The quantitative estimate of drug-likeness (QED) is 0.577. The summed E-state index contributed by atoms with van der Waals surface area (Å²) in [6.45, 7) is 7.36. The molecule has 25 heavy (non-hydrogen) atoms. The van der Waals surface area contributed by atoms with Crippen LogP contribution in [0.2, 0.25) is 0 Å². The van der Waals surface area contributed by atoms with Gasteiger partial charge in [0.2, 0.25) is 0 Å². The number of halogens is 1. The average Bonchev–Trinajstić information content (AvgIpc) is 2.83. The Morgan fingerprint density at radius 2 is 1.60 bits per heavy atom. The topological polar surface area (TPSA) is 26.5 Å². The van der Waals surface area contributed by atoms with E-state index in [1.165, 1.54) is 6.92 Å². The highest BCUT2D eigenvalue weighted by molar-refractivity contribution is 7.18. The van der Waals surface area contributed by atoms with E-state index in [0.717, 1.165) is 28.1 Å². The van der Waals surface area contributed by atoms with Crippen molar-refractivity contribution in [2.24, 2.45) is 0 Å². The highest BCUT2D eigenvalue weighted by atomic mass is 31.0. The van der Waals surface area contributed by atoms with Crippen LogP contribution in [-0.2, 0) is 5.41 Å². The summed E-state index contributed by atoms with van der Waals surface area (Å²) in [5, 5.41) is -1.90. The number of benzene rings is 1. The molecule has 0 amide bonds. The smallest absolute Gasteiger partial charge is 0.178 e. The SMILES string of the molecule is Cc1nc(C(C)(F)P)n2cc(-c3ccc(OC(C)(C)P)cc3)ccc12. The van der Waals surface area contributed by atoms with Crippen molar-refractivity contribution in [2.75, 3.05) is 0 Å². The number of hydrogen-bond donors (Lipinski definition) is 0. The molecule has 132 valence electrons. The first-order chi connectivity index (χ1) is 11.5. The fourth-order valence-electron chi connectivity index (χ4n) is 2.78. The minimum absolute atomic E-state index is 0.311. The van der Waals surface area contributed by atoms with Crippen molar-refractivity contribution >= 4 is 24.0 Å². The lowest BCUT2D eigenvalue weighted by molar-refractivity contribution is 0.206. The fourth-order valence-corrected chi connectivity index (χ4v) is 3.12. The van der Waals surface area contributed by atoms with Gasteiger partial charge in [-0.15, -0.1) is 0 Å². The van der Waals surface area contributed by atoms with Crippen molar-refractivity contribution in [3.8, 4) is 16.9 Å². The molecular formula is C19H23FN2OP2. The van der Waals surface area contributed by atoms with Gasteiger partial charge in [-0.1, -0.05) is 36.7 Å². The molecule has 1 aromatic carbocycles. The van der Waals surface area contributed by atoms with Crippen molar-refractivity contribution in [3.63, 3.8) is 0 Å². The van der Waals surface area contributed by atoms with Gasteiger partial charge in [0.15, 0.2) is 11.2 Å². The maximum Gasteiger partial charge on any atom is 0.178 e. The Bertz CT molecular complexity index is 906. The molecule has 0 aliphatic rings. The molecule has 0 radical (unpaired) electrons. The first kappa shape index (κ1) is 18.3. The molecule has 2 aromatic heterocycles. The molecule has 3 unspecified atom stereocenters. The van der Waals surface area contributed by atoms with Gasteiger partial charge in [0.1, 0.15) is 11.1 Å². The molecule has 3 nitrogen and oxygen atoms in total. The lowest BCUT2D eigenvalue weighted by Gasteiger charge is -2.21. The van der Waals surface area contributed by atoms with Gasteiger partial charge in [-0.2, -0.15) is 0 Å². The summed E-state index contributed by atoms with van der Waals surface area (Å²) in [5.41, 5.74) is 3.77. The van der Waals surface area contributed by atoms with Gasteiger partial charge in [0.25, 0.3) is 0 Å².